The largest absolute Gasteiger partial charge is 0.308 e. The smallest absolute Gasteiger partial charge is 0.0974 e. The summed E-state index contributed by atoms with van der Waals surface area (Å²) in [5, 5.41) is 0. The molecule has 0 spiro atoms. The summed E-state index contributed by atoms with van der Waals surface area (Å²) in [6.45, 7) is 0. The van der Waals surface area contributed by atoms with E-state index in [4.69, 9.17) is 11.5 Å². The summed E-state index contributed by atoms with van der Waals surface area (Å²) < 4.78 is 0. The van der Waals surface area contributed by atoms with Crippen LogP contribution < -0.4 is 11.5 Å². The highest BCUT2D eigenvalue weighted by molar-refractivity contribution is 7.80. The van der Waals surface area contributed by atoms with Crippen LogP contribution in [0.4, 0.5) is 0 Å². The zero-order valence-electron chi connectivity index (χ0n) is 2.18. The van der Waals surface area contributed by atoms with E-state index in [0.29, 0.717) is 0 Å². The molecule has 0 unspecified atom stereocenters. The monoisotopic (exact) mass is 78.0 g/mol. The molecule has 0 aromatic carbocycles. The predicted molar refractivity (Wildman–Crippen MR) is 21.1 cm³/mol. The van der Waals surface area contributed by atoms with Gasteiger partial charge in [0.2, 0.25) is 0 Å². The number of hydrogen-bond donors (Lipinski definition) is 3. The van der Waals surface area contributed by atoms with Gasteiger partial charge in [0.25, 0.3) is 0 Å². The molecule has 0 aromatic heterocycles. The summed E-state index contributed by atoms with van der Waals surface area (Å²) >= 11 is 3.52. The molecular weight excluding hydrogens is 72.1 g/mol. The maximum atomic E-state index is 4.75. The predicted octanol–water partition coefficient (Wildman–Crippen LogP) is -0.883. The van der Waals surface area contributed by atoms with Gasteiger partial charge in [0.05, 0.1) is 5.50 Å². The van der Waals surface area contributed by atoms with Crippen molar-refractivity contribution in [2.24, 2.45) is 11.5 Å². The van der Waals surface area contributed by atoms with Gasteiger partial charge in [-0.3, -0.25) is 0 Å². The van der Waals surface area contributed by atoms with E-state index in [0.717, 1.165) is 0 Å². The van der Waals surface area contributed by atoms with E-state index < -0.39 is 5.50 Å². The molecule has 4 N–H and O–H groups in total. The first-order chi connectivity index (χ1) is 1.73. The molecule has 0 saturated carbocycles. The molecule has 0 aromatic rings. The van der Waals surface area contributed by atoms with Gasteiger partial charge in [-0.05, 0) is 0 Å². The molecule has 0 amide bonds. The first-order valence-electron chi connectivity index (χ1n) is 0.925. The van der Waals surface area contributed by atoms with Crippen LogP contribution in [0.1, 0.15) is 0 Å². The molecule has 3 heteroatoms. The minimum absolute atomic E-state index is 0.472. The van der Waals surface area contributed by atoms with Gasteiger partial charge in [0.15, 0.2) is 0 Å². The van der Waals surface area contributed by atoms with E-state index in [9.17, 15) is 0 Å². The molecule has 26 valence electrons. The third-order valence-corrected chi connectivity index (χ3v) is 0. The van der Waals surface area contributed by atoms with Crippen LogP contribution in [0.2, 0.25) is 0 Å². The molecule has 4 heavy (non-hydrogen) atoms. The number of thiol groups is 1. The molecular formula is CH6N2S. The van der Waals surface area contributed by atoms with E-state index in [1.54, 1.807) is 0 Å². The van der Waals surface area contributed by atoms with Crippen LogP contribution >= 0.6 is 12.6 Å². The van der Waals surface area contributed by atoms with E-state index in [1.165, 1.54) is 0 Å². The fourth-order valence-electron chi connectivity index (χ4n) is 0. The molecule has 0 rings (SSSR count). The van der Waals surface area contributed by atoms with Crippen LogP contribution in [0.25, 0.3) is 0 Å². The highest BCUT2D eigenvalue weighted by atomic mass is 32.1. The van der Waals surface area contributed by atoms with Crippen molar-refractivity contribution >= 4 is 12.6 Å². The van der Waals surface area contributed by atoms with E-state index in [2.05, 4.69) is 12.6 Å². The van der Waals surface area contributed by atoms with Crippen LogP contribution in [0.3, 0.4) is 0 Å². The van der Waals surface area contributed by atoms with Gasteiger partial charge in [-0.2, -0.15) is 0 Å². The second-order valence-electron chi connectivity index (χ2n) is 0.491. The quantitative estimate of drug-likeness (QED) is 0.260. The Labute approximate surface area is 30.6 Å². The zero-order chi connectivity index (χ0) is 3.58. The van der Waals surface area contributed by atoms with Gasteiger partial charge >= 0.3 is 0 Å². The molecule has 0 radical (unpaired) electrons. The lowest BCUT2D eigenvalue weighted by Crippen LogP contribution is -2.22. The van der Waals surface area contributed by atoms with Gasteiger partial charge in [-0.15, -0.1) is 12.6 Å². The second-order valence-corrected chi connectivity index (χ2v) is 1.09. The van der Waals surface area contributed by atoms with E-state index >= 15 is 0 Å². The Balaban J connectivity index is 2.32. The Morgan fingerprint density at radius 1 is 1.50 bits per heavy atom. The van der Waals surface area contributed by atoms with Crippen LogP contribution in [0, 0.1) is 0 Å². The molecule has 0 heterocycles. The number of nitrogens with two attached hydrogens (primary N) is 2. The minimum atomic E-state index is -0.472. The summed E-state index contributed by atoms with van der Waals surface area (Å²) in [6.07, 6.45) is 0. The Morgan fingerprint density at radius 2 is 1.50 bits per heavy atom. The number of hydrogen-bond acceptors (Lipinski definition) is 3. The average molecular weight is 78.1 g/mol. The lowest BCUT2D eigenvalue weighted by molar-refractivity contribution is 0.998. The SMILES string of the molecule is NC(N)S. The lowest BCUT2D eigenvalue weighted by atomic mass is 11.2. The zero-order valence-corrected chi connectivity index (χ0v) is 3.07. The lowest BCUT2D eigenvalue weighted by Gasteiger charge is -1.82. The maximum Gasteiger partial charge on any atom is 0.0974 e. The number of rotatable bonds is 0. The molecule has 0 aliphatic heterocycles. The fourth-order valence-corrected chi connectivity index (χ4v) is 0. The van der Waals surface area contributed by atoms with Crippen LogP contribution in [0.5, 0.6) is 0 Å². The normalized spacial score (nSPS) is 9.00. The van der Waals surface area contributed by atoms with Crippen molar-refractivity contribution < 1.29 is 0 Å². The van der Waals surface area contributed by atoms with Gasteiger partial charge < -0.3 is 11.5 Å². The second kappa shape index (κ2) is 1.58. The molecule has 0 aliphatic rings. The van der Waals surface area contributed by atoms with Crippen LogP contribution in [-0.4, -0.2) is 5.50 Å². The summed E-state index contributed by atoms with van der Waals surface area (Å²) in [6, 6.07) is 0. The summed E-state index contributed by atoms with van der Waals surface area (Å²) in [4.78, 5) is 0. The van der Waals surface area contributed by atoms with Gasteiger partial charge in [-0.25, -0.2) is 0 Å². The van der Waals surface area contributed by atoms with Gasteiger partial charge in [-0.1, -0.05) is 0 Å². The topological polar surface area (TPSA) is 52.0 Å². The highest BCUT2D eigenvalue weighted by Gasteiger charge is 1.67. The first-order valence-corrected chi connectivity index (χ1v) is 1.44. The third kappa shape index (κ3) is 50.2. The summed E-state index contributed by atoms with van der Waals surface area (Å²) in [7, 11) is 0. The molecule has 0 saturated heterocycles. The standard InChI is InChI=1S/CH6N2S/c2-1(3)4/h1,4H,2-3H2. The Hall–Kier alpha value is 0.270. The van der Waals surface area contributed by atoms with Crippen molar-refractivity contribution in [1.29, 1.82) is 0 Å². The van der Waals surface area contributed by atoms with Crippen molar-refractivity contribution in [3.8, 4) is 0 Å². The molecule has 0 atom stereocenters. The van der Waals surface area contributed by atoms with Crippen LogP contribution in [-0.2, 0) is 0 Å². The van der Waals surface area contributed by atoms with Crippen LogP contribution in [0.15, 0.2) is 0 Å². The highest BCUT2D eigenvalue weighted by Crippen LogP contribution is 1.60. The first kappa shape index (κ1) is 4.27. The minimum Gasteiger partial charge on any atom is -0.308 e. The Kier molecular flexibility index (Phi) is 1.68. The van der Waals surface area contributed by atoms with E-state index in [-0.39, 0.29) is 0 Å². The summed E-state index contributed by atoms with van der Waals surface area (Å²) in [5.41, 5.74) is 9.03. The molecule has 0 aliphatic carbocycles. The van der Waals surface area contributed by atoms with Crippen molar-refractivity contribution in [2.45, 2.75) is 5.50 Å². The maximum absolute atomic E-state index is 4.75. The summed E-state index contributed by atoms with van der Waals surface area (Å²) in [5.74, 6) is 0. The third-order valence-electron chi connectivity index (χ3n) is 0. The fraction of sp³-hybridized carbons (Fsp3) is 1.00. The molecule has 2 nitrogen and oxygen atoms in total. The van der Waals surface area contributed by atoms with Crippen molar-refractivity contribution in [3.63, 3.8) is 0 Å². The molecule has 0 fully saturated rings. The van der Waals surface area contributed by atoms with Crippen molar-refractivity contribution in [1.82, 2.24) is 0 Å². The average Bonchev–Trinajstić information content (AvgIpc) is 0.811. The van der Waals surface area contributed by atoms with E-state index in [1.807, 2.05) is 0 Å². The van der Waals surface area contributed by atoms with Gasteiger partial charge in [0.1, 0.15) is 0 Å². The Bertz CT molecular complexity index is 10.8. The van der Waals surface area contributed by atoms with Crippen molar-refractivity contribution in [3.05, 3.63) is 0 Å². The Morgan fingerprint density at radius 3 is 1.50 bits per heavy atom. The molecule has 0 bridgehead atoms. The van der Waals surface area contributed by atoms with Gasteiger partial charge in [0, 0.05) is 0 Å². The van der Waals surface area contributed by atoms with Crippen molar-refractivity contribution in [2.75, 3.05) is 0 Å².